The Balaban J connectivity index is 1.76. The zero-order valence-corrected chi connectivity index (χ0v) is 13.9. The van der Waals surface area contributed by atoms with Crippen LogP contribution in [0.2, 0.25) is 0 Å². The molecule has 4 rings (SSSR count). The van der Waals surface area contributed by atoms with Gasteiger partial charge in [-0.05, 0) is 12.5 Å². The summed E-state index contributed by atoms with van der Waals surface area (Å²) in [7, 11) is 0. The summed E-state index contributed by atoms with van der Waals surface area (Å²) in [5.41, 5.74) is 5.19. The Morgan fingerprint density at radius 1 is 1.04 bits per heavy atom. The highest BCUT2D eigenvalue weighted by atomic mass is 32.2. The van der Waals surface area contributed by atoms with E-state index in [9.17, 15) is 4.79 Å². The van der Waals surface area contributed by atoms with Crippen LogP contribution in [0.15, 0.2) is 65.8 Å². The van der Waals surface area contributed by atoms with Gasteiger partial charge < -0.3 is 5.43 Å². The van der Waals surface area contributed by atoms with Crippen molar-refractivity contribution in [2.75, 3.05) is 5.43 Å². The van der Waals surface area contributed by atoms with Gasteiger partial charge in [0.2, 0.25) is 5.16 Å². The normalized spacial score (nSPS) is 19.4. The van der Waals surface area contributed by atoms with Crippen LogP contribution in [0.1, 0.15) is 27.8 Å². The van der Waals surface area contributed by atoms with Gasteiger partial charge >= 0.3 is 0 Å². The number of aromatic nitrogens is 3. The predicted molar refractivity (Wildman–Crippen MR) is 93.7 cm³/mol. The van der Waals surface area contributed by atoms with Crippen LogP contribution in [0.5, 0.6) is 0 Å². The Kier molecular flexibility index (Phi) is 3.82. The van der Waals surface area contributed by atoms with Crippen LogP contribution in [-0.4, -0.2) is 25.9 Å². The number of carbonyl (C=O) groups is 1. The third-order valence-corrected chi connectivity index (χ3v) is 5.29. The number of hydrogen-bond donors (Lipinski definition) is 1. The summed E-state index contributed by atoms with van der Waals surface area (Å²) >= 11 is 1.46. The lowest BCUT2D eigenvalue weighted by Gasteiger charge is -2.32. The highest BCUT2D eigenvalue weighted by Crippen LogP contribution is 2.38. The maximum Gasteiger partial charge on any atom is 0.210 e. The molecule has 0 aliphatic carbocycles. The van der Waals surface area contributed by atoms with Gasteiger partial charge in [0.05, 0.1) is 6.04 Å². The third kappa shape index (κ3) is 2.59. The molecule has 0 fully saturated rings. The fraction of sp³-hybridized carbons (Fsp3) is 0.167. The molecule has 0 saturated carbocycles. The lowest BCUT2D eigenvalue weighted by Crippen LogP contribution is -2.39. The van der Waals surface area contributed by atoms with Gasteiger partial charge in [-0.15, -0.1) is 10.2 Å². The molecule has 2 aromatic carbocycles. The van der Waals surface area contributed by atoms with E-state index in [0.717, 1.165) is 11.4 Å². The first-order valence-electron chi connectivity index (χ1n) is 7.73. The number of rotatable bonds is 3. The molecule has 0 bridgehead atoms. The largest absolute Gasteiger partial charge is 0.313 e. The van der Waals surface area contributed by atoms with E-state index in [-0.39, 0.29) is 17.1 Å². The average Bonchev–Trinajstić information content (AvgIpc) is 3.02. The molecule has 1 aliphatic heterocycles. The number of Topliss-reactive ketones (excluding diaryl/α,β-unsaturated/α-hetero) is 1. The minimum atomic E-state index is -0.300. The minimum Gasteiger partial charge on any atom is -0.313 e. The van der Waals surface area contributed by atoms with E-state index in [1.807, 2.05) is 72.3 Å². The van der Waals surface area contributed by atoms with Crippen molar-refractivity contribution in [3.8, 4) is 0 Å². The number of carbonyl (C=O) groups excluding carboxylic acids is 1. The molecule has 1 N–H and O–H groups in total. The van der Waals surface area contributed by atoms with Gasteiger partial charge in [-0.25, -0.2) is 4.68 Å². The Morgan fingerprint density at radius 3 is 2.42 bits per heavy atom. The molecule has 2 heterocycles. The number of ketones is 1. The predicted octanol–water partition coefficient (Wildman–Crippen LogP) is 3.23. The van der Waals surface area contributed by atoms with E-state index in [2.05, 4.69) is 15.6 Å². The molecule has 6 heteroatoms. The second-order valence-corrected chi connectivity index (χ2v) is 6.76. The first-order chi connectivity index (χ1) is 11.7. The summed E-state index contributed by atoms with van der Waals surface area (Å²) in [5, 5.41) is 8.70. The van der Waals surface area contributed by atoms with Crippen molar-refractivity contribution in [2.45, 2.75) is 23.4 Å². The molecular formula is C18H16N4OS. The van der Waals surface area contributed by atoms with E-state index < -0.39 is 0 Å². The van der Waals surface area contributed by atoms with Gasteiger partial charge in [-0.3, -0.25) is 4.79 Å². The summed E-state index contributed by atoms with van der Waals surface area (Å²) in [4.78, 5) is 13.1. The number of nitrogens with zero attached hydrogens (tertiary/aromatic N) is 3. The van der Waals surface area contributed by atoms with Crippen LogP contribution in [0, 0.1) is 6.92 Å². The molecule has 0 radical (unpaired) electrons. The molecular weight excluding hydrogens is 320 g/mol. The van der Waals surface area contributed by atoms with E-state index in [0.29, 0.717) is 10.7 Å². The Labute approximate surface area is 144 Å². The van der Waals surface area contributed by atoms with Gasteiger partial charge in [0.25, 0.3) is 0 Å². The summed E-state index contributed by atoms with van der Waals surface area (Å²) in [5.74, 6) is 0.873. The van der Waals surface area contributed by atoms with Crippen LogP contribution < -0.4 is 5.43 Å². The molecule has 0 amide bonds. The number of benzene rings is 2. The highest BCUT2D eigenvalue weighted by Gasteiger charge is 2.37. The molecule has 120 valence electrons. The smallest absolute Gasteiger partial charge is 0.210 e. The second kappa shape index (κ2) is 6.13. The van der Waals surface area contributed by atoms with Crippen LogP contribution in [0.3, 0.4) is 0 Å². The van der Waals surface area contributed by atoms with E-state index in [1.54, 1.807) is 0 Å². The number of nitrogens with one attached hydrogen (secondary N) is 1. The van der Waals surface area contributed by atoms with Gasteiger partial charge in [-0.1, -0.05) is 72.4 Å². The third-order valence-electron chi connectivity index (χ3n) is 4.07. The fourth-order valence-electron chi connectivity index (χ4n) is 2.84. The molecule has 3 aromatic rings. The second-order valence-electron chi connectivity index (χ2n) is 5.65. The first-order valence-corrected chi connectivity index (χ1v) is 8.61. The molecule has 24 heavy (non-hydrogen) atoms. The molecule has 1 aliphatic rings. The molecule has 5 nitrogen and oxygen atoms in total. The zero-order chi connectivity index (χ0) is 16.5. The summed E-state index contributed by atoms with van der Waals surface area (Å²) < 4.78 is 1.86. The quantitative estimate of drug-likeness (QED) is 0.744. The van der Waals surface area contributed by atoms with E-state index in [1.165, 1.54) is 11.8 Å². The van der Waals surface area contributed by atoms with Crippen molar-refractivity contribution >= 4 is 17.5 Å². The van der Waals surface area contributed by atoms with Crippen molar-refractivity contribution in [1.29, 1.82) is 0 Å². The summed E-state index contributed by atoms with van der Waals surface area (Å²) in [6.45, 7) is 1.89. The van der Waals surface area contributed by atoms with Crippen LogP contribution in [0.25, 0.3) is 0 Å². The lowest BCUT2D eigenvalue weighted by atomic mass is 9.97. The molecule has 0 saturated heterocycles. The number of hydrogen-bond acceptors (Lipinski definition) is 5. The van der Waals surface area contributed by atoms with E-state index in [4.69, 9.17) is 0 Å². The van der Waals surface area contributed by atoms with E-state index >= 15 is 0 Å². The number of aryl methyl sites for hydroxylation is 1. The maximum absolute atomic E-state index is 13.1. The summed E-state index contributed by atoms with van der Waals surface area (Å²) in [6.07, 6.45) is 0. The maximum atomic E-state index is 13.1. The molecule has 0 spiro atoms. The Morgan fingerprint density at radius 2 is 1.71 bits per heavy atom. The van der Waals surface area contributed by atoms with Gasteiger partial charge in [0.15, 0.2) is 5.78 Å². The van der Waals surface area contributed by atoms with Crippen molar-refractivity contribution < 1.29 is 4.79 Å². The average molecular weight is 336 g/mol. The van der Waals surface area contributed by atoms with Crippen LogP contribution >= 0.6 is 11.8 Å². The topological polar surface area (TPSA) is 59.8 Å². The van der Waals surface area contributed by atoms with Crippen LogP contribution in [0.4, 0.5) is 0 Å². The Hall–Kier alpha value is -2.60. The SMILES string of the molecule is Cc1nnc2n1N[C@@H](c1ccccc1)[C@@H](C(=O)c1ccccc1)S2. The fourth-order valence-corrected chi connectivity index (χ4v) is 4.04. The molecule has 1 aromatic heterocycles. The van der Waals surface area contributed by atoms with Crippen molar-refractivity contribution in [2.24, 2.45) is 0 Å². The van der Waals surface area contributed by atoms with Crippen molar-refractivity contribution in [3.63, 3.8) is 0 Å². The van der Waals surface area contributed by atoms with Gasteiger partial charge in [0, 0.05) is 5.56 Å². The number of thioether (sulfide) groups is 1. The minimum absolute atomic E-state index is 0.0915. The summed E-state index contributed by atoms with van der Waals surface area (Å²) in [6, 6.07) is 19.3. The van der Waals surface area contributed by atoms with Crippen molar-refractivity contribution in [3.05, 3.63) is 77.6 Å². The Bertz CT molecular complexity index is 863. The molecule has 2 atom stereocenters. The van der Waals surface area contributed by atoms with Gasteiger partial charge in [-0.2, -0.15) is 0 Å². The standard InChI is InChI=1S/C18H16N4OS/c1-12-19-20-18-22(12)21-15(13-8-4-2-5-9-13)17(24-18)16(23)14-10-6-3-7-11-14/h2-11,15,17,21H,1H3/t15-,17-/m0/s1. The van der Waals surface area contributed by atoms with Crippen LogP contribution in [-0.2, 0) is 0 Å². The van der Waals surface area contributed by atoms with Crippen molar-refractivity contribution in [1.82, 2.24) is 14.9 Å². The monoisotopic (exact) mass is 336 g/mol. The van der Waals surface area contributed by atoms with Gasteiger partial charge in [0.1, 0.15) is 11.1 Å². The molecule has 0 unspecified atom stereocenters. The first kappa shape index (κ1) is 15.0. The lowest BCUT2D eigenvalue weighted by molar-refractivity contribution is 0.0980. The zero-order valence-electron chi connectivity index (χ0n) is 13.1. The number of fused-ring (bicyclic) bond motifs is 1. The highest BCUT2D eigenvalue weighted by molar-refractivity contribution is 8.00.